The molecule has 1 heterocycles. The third-order valence-corrected chi connectivity index (χ3v) is 5.62. The fourth-order valence-corrected chi connectivity index (χ4v) is 3.91. The molecule has 108 valence electrons. The number of rotatable bonds is 5. The minimum Gasteiger partial charge on any atom is -0.481 e. The highest BCUT2D eigenvalue weighted by Gasteiger charge is 2.51. The first-order valence-electron chi connectivity index (χ1n) is 6.37. The van der Waals surface area contributed by atoms with Crippen LogP contribution in [0.1, 0.15) is 19.8 Å². The van der Waals surface area contributed by atoms with Gasteiger partial charge in [0.2, 0.25) is 15.9 Å². The fraction of sp³-hybridized carbons (Fsp3) is 0.818. The Bertz CT molecular complexity index is 489. The van der Waals surface area contributed by atoms with Gasteiger partial charge in [0, 0.05) is 19.6 Å². The molecule has 0 aromatic carbocycles. The molecular weight excluding hydrogens is 272 g/mol. The Morgan fingerprint density at radius 1 is 1.37 bits per heavy atom. The highest BCUT2D eigenvalue weighted by molar-refractivity contribution is 7.90. The molecule has 2 fully saturated rings. The van der Waals surface area contributed by atoms with Gasteiger partial charge in [0.25, 0.3) is 0 Å². The lowest BCUT2D eigenvalue weighted by Crippen LogP contribution is -2.38. The second kappa shape index (κ2) is 5.09. The summed E-state index contributed by atoms with van der Waals surface area (Å²) in [6.45, 7) is 2.58. The Morgan fingerprint density at radius 3 is 2.58 bits per heavy atom. The molecule has 2 aliphatic rings. The van der Waals surface area contributed by atoms with Crippen LogP contribution >= 0.6 is 0 Å². The quantitative estimate of drug-likeness (QED) is 0.693. The number of amides is 1. The van der Waals surface area contributed by atoms with Crippen LogP contribution in [0.25, 0.3) is 0 Å². The van der Waals surface area contributed by atoms with Crippen LogP contribution in [-0.2, 0) is 19.6 Å². The molecule has 0 radical (unpaired) electrons. The van der Waals surface area contributed by atoms with E-state index in [9.17, 15) is 18.0 Å². The maximum atomic E-state index is 12.0. The number of aliphatic carboxylic acids is 1. The second-order valence-corrected chi connectivity index (χ2v) is 7.07. The van der Waals surface area contributed by atoms with Gasteiger partial charge in [-0.2, -0.15) is 0 Å². The predicted octanol–water partition coefficient (Wildman–Crippen LogP) is -0.753. The zero-order valence-electron chi connectivity index (χ0n) is 10.7. The maximum absolute atomic E-state index is 12.0. The van der Waals surface area contributed by atoms with Crippen molar-refractivity contribution in [3.8, 4) is 0 Å². The van der Waals surface area contributed by atoms with E-state index in [0.717, 1.165) is 0 Å². The zero-order chi connectivity index (χ0) is 14.2. The number of likely N-dealkylation sites (tertiary alicyclic amines) is 1. The molecule has 0 aromatic heterocycles. The molecule has 8 heteroatoms. The van der Waals surface area contributed by atoms with E-state index in [1.165, 1.54) is 4.90 Å². The van der Waals surface area contributed by atoms with Gasteiger partial charge in [0.1, 0.15) is 0 Å². The van der Waals surface area contributed by atoms with Crippen LogP contribution in [0.2, 0.25) is 0 Å². The summed E-state index contributed by atoms with van der Waals surface area (Å²) in [5.41, 5.74) is 0. The van der Waals surface area contributed by atoms with Crippen LogP contribution in [-0.4, -0.2) is 55.2 Å². The molecule has 19 heavy (non-hydrogen) atoms. The minimum absolute atomic E-state index is 0.164. The normalized spacial score (nSPS) is 30.4. The SMILES string of the molecule is CCNS(=O)(=O)C1CCN(C(=O)C2CC2C(=O)O)C1. The molecule has 1 amide bonds. The third-order valence-electron chi connectivity index (χ3n) is 3.67. The van der Waals surface area contributed by atoms with Crippen LogP contribution in [0.3, 0.4) is 0 Å². The van der Waals surface area contributed by atoms with Crippen molar-refractivity contribution in [3.05, 3.63) is 0 Å². The van der Waals surface area contributed by atoms with Gasteiger partial charge in [0.05, 0.1) is 17.1 Å². The topological polar surface area (TPSA) is 104 Å². The van der Waals surface area contributed by atoms with E-state index in [4.69, 9.17) is 5.11 Å². The van der Waals surface area contributed by atoms with Gasteiger partial charge in [-0.3, -0.25) is 9.59 Å². The Morgan fingerprint density at radius 2 is 2.05 bits per heavy atom. The highest BCUT2D eigenvalue weighted by Crippen LogP contribution is 2.40. The number of carbonyl (C=O) groups is 2. The van der Waals surface area contributed by atoms with Crippen molar-refractivity contribution in [1.29, 1.82) is 0 Å². The molecule has 3 unspecified atom stereocenters. The first-order chi connectivity index (χ1) is 8.86. The van der Waals surface area contributed by atoms with Gasteiger partial charge in [-0.1, -0.05) is 6.92 Å². The molecule has 0 bridgehead atoms. The largest absolute Gasteiger partial charge is 0.481 e. The standard InChI is InChI=1S/C11H18N2O5S/c1-2-12-19(17,18)7-3-4-13(6-7)10(14)8-5-9(8)11(15)16/h7-9,12H,2-6H2,1H3,(H,15,16). The zero-order valence-corrected chi connectivity index (χ0v) is 11.5. The van der Waals surface area contributed by atoms with Crippen LogP contribution < -0.4 is 4.72 Å². The van der Waals surface area contributed by atoms with Crippen molar-refractivity contribution in [3.63, 3.8) is 0 Å². The van der Waals surface area contributed by atoms with Crippen LogP contribution in [0, 0.1) is 11.8 Å². The smallest absolute Gasteiger partial charge is 0.307 e. The summed E-state index contributed by atoms with van der Waals surface area (Å²) in [5, 5.41) is 8.21. The summed E-state index contributed by atoms with van der Waals surface area (Å²) in [4.78, 5) is 24.2. The lowest BCUT2D eigenvalue weighted by atomic mass is 10.3. The Balaban J connectivity index is 1.93. The molecular formula is C11H18N2O5S. The van der Waals surface area contributed by atoms with Gasteiger partial charge in [-0.15, -0.1) is 0 Å². The molecule has 1 saturated heterocycles. The molecule has 1 aliphatic carbocycles. The maximum Gasteiger partial charge on any atom is 0.307 e. The van der Waals surface area contributed by atoms with Crippen molar-refractivity contribution >= 4 is 21.9 Å². The summed E-state index contributed by atoms with van der Waals surface area (Å²) in [7, 11) is -3.37. The average Bonchev–Trinajstić information content (AvgIpc) is 2.97. The number of carbonyl (C=O) groups excluding carboxylic acids is 1. The average molecular weight is 290 g/mol. The lowest BCUT2D eigenvalue weighted by molar-refractivity contribution is -0.141. The van der Waals surface area contributed by atoms with E-state index < -0.39 is 33.1 Å². The van der Waals surface area contributed by atoms with Crippen molar-refractivity contribution in [2.24, 2.45) is 11.8 Å². The fourth-order valence-electron chi connectivity index (χ4n) is 2.48. The molecule has 1 aliphatic heterocycles. The predicted molar refractivity (Wildman–Crippen MR) is 66.8 cm³/mol. The minimum atomic E-state index is -3.37. The van der Waals surface area contributed by atoms with Crippen molar-refractivity contribution in [2.75, 3.05) is 19.6 Å². The number of nitrogens with one attached hydrogen (secondary N) is 1. The van der Waals surface area contributed by atoms with E-state index in [0.29, 0.717) is 25.9 Å². The molecule has 1 saturated carbocycles. The van der Waals surface area contributed by atoms with Crippen LogP contribution in [0.15, 0.2) is 0 Å². The monoisotopic (exact) mass is 290 g/mol. The summed E-state index contributed by atoms with van der Waals surface area (Å²) in [6.07, 6.45) is 0.779. The second-order valence-electron chi connectivity index (χ2n) is 5.02. The summed E-state index contributed by atoms with van der Waals surface area (Å²) >= 11 is 0. The van der Waals surface area contributed by atoms with Gasteiger partial charge in [0.15, 0.2) is 0 Å². The Kier molecular flexibility index (Phi) is 3.82. The van der Waals surface area contributed by atoms with Crippen LogP contribution in [0.5, 0.6) is 0 Å². The molecule has 2 N–H and O–H groups in total. The first-order valence-corrected chi connectivity index (χ1v) is 7.91. The number of hydrogen-bond donors (Lipinski definition) is 2. The van der Waals surface area contributed by atoms with Gasteiger partial charge >= 0.3 is 5.97 Å². The number of sulfonamides is 1. The Labute approximate surface area is 112 Å². The molecule has 0 aromatic rings. The van der Waals surface area contributed by atoms with Crippen LogP contribution in [0.4, 0.5) is 0 Å². The number of carboxylic acids is 1. The van der Waals surface area contributed by atoms with E-state index in [1.54, 1.807) is 6.92 Å². The summed E-state index contributed by atoms with van der Waals surface area (Å²) in [5.74, 6) is -2.22. The molecule has 3 atom stereocenters. The van der Waals surface area contributed by atoms with E-state index in [-0.39, 0.29) is 12.5 Å². The van der Waals surface area contributed by atoms with Gasteiger partial charge in [-0.25, -0.2) is 13.1 Å². The summed E-state index contributed by atoms with van der Waals surface area (Å²) in [6, 6.07) is 0. The van der Waals surface area contributed by atoms with E-state index in [2.05, 4.69) is 4.72 Å². The molecule has 7 nitrogen and oxygen atoms in total. The Hall–Kier alpha value is -1.15. The highest BCUT2D eigenvalue weighted by atomic mass is 32.2. The van der Waals surface area contributed by atoms with E-state index >= 15 is 0 Å². The van der Waals surface area contributed by atoms with E-state index in [1.807, 2.05) is 0 Å². The molecule has 2 rings (SSSR count). The first kappa shape index (κ1) is 14.3. The number of nitrogens with zero attached hydrogens (tertiary/aromatic N) is 1. The summed E-state index contributed by atoms with van der Waals surface area (Å²) < 4.78 is 26.1. The number of hydrogen-bond acceptors (Lipinski definition) is 4. The van der Waals surface area contributed by atoms with Gasteiger partial charge in [-0.05, 0) is 12.8 Å². The van der Waals surface area contributed by atoms with Crippen molar-refractivity contribution in [2.45, 2.75) is 25.0 Å². The lowest BCUT2D eigenvalue weighted by Gasteiger charge is -2.16. The van der Waals surface area contributed by atoms with Gasteiger partial charge < -0.3 is 10.0 Å². The molecule has 0 spiro atoms. The number of carboxylic acid groups (broad SMARTS) is 1. The third kappa shape index (κ3) is 2.89. The van der Waals surface area contributed by atoms with Crippen molar-refractivity contribution in [1.82, 2.24) is 9.62 Å². The van der Waals surface area contributed by atoms with Crippen molar-refractivity contribution < 1.29 is 23.1 Å².